The third-order valence-corrected chi connectivity index (χ3v) is 1.58. The number of nitrogens with zero attached hydrogens (tertiary/aromatic N) is 3. The van der Waals surface area contributed by atoms with Gasteiger partial charge in [-0.2, -0.15) is 5.26 Å². The van der Waals surface area contributed by atoms with Crippen molar-refractivity contribution in [2.45, 2.75) is 6.92 Å². The third kappa shape index (κ3) is 0.920. The minimum atomic E-state index is 0.397. The summed E-state index contributed by atoms with van der Waals surface area (Å²) in [5.74, 6) is 0.813. The van der Waals surface area contributed by atoms with Gasteiger partial charge in [-0.05, 0) is 19.1 Å². The van der Waals surface area contributed by atoms with E-state index in [9.17, 15) is 0 Å². The van der Waals surface area contributed by atoms with Crippen LogP contribution in [0.4, 0.5) is 0 Å². The number of hydrogen-bond acceptors (Lipinski definition) is 3. The first-order chi connectivity index (χ1) is 5.79. The maximum absolute atomic E-state index is 8.55. The van der Waals surface area contributed by atoms with E-state index in [4.69, 9.17) is 5.26 Å². The summed E-state index contributed by atoms with van der Waals surface area (Å²) in [4.78, 5) is 11.1. The quantitative estimate of drug-likeness (QED) is 0.625. The molecule has 2 heterocycles. The Morgan fingerprint density at radius 3 is 3.00 bits per heavy atom. The van der Waals surface area contributed by atoms with E-state index in [1.165, 1.54) is 0 Å². The third-order valence-electron chi connectivity index (χ3n) is 1.58. The molecule has 4 nitrogen and oxygen atoms in total. The van der Waals surface area contributed by atoms with Crippen molar-refractivity contribution in [3.05, 3.63) is 23.7 Å². The maximum Gasteiger partial charge on any atom is 0.178 e. The van der Waals surface area contributed by atoms with Gasteiger partial charge in [0.1, 0.15) is 17.6 Å². The molecule has 0 aliphatic carbocycles. The zero-order valence-corrected chi connectivity index (χ0v) is 6.50. The average Bonchev–Trinajstić information content (AvgIpc) is 2.43. The number of hydrogen-bond donors (Lipinski definition) is 1. The van der Waals surface area contributed by atoms with Gasteiger partial charge in [0.05, 0.1) is 5.52 Å². The fraction of sp³-hybridized carbons (Fsp3) is 0.125. The Labute approximate surface area is 68.9 Å². The van der Waals surface area contributed by atoms with E-state index < -0.39 is 0 Å². The highest BCUT2D eigenvalue weighted by atomic mass is 15.0. The molecule has 58 valence electrons. The SMILES string of the molecule is Cc1nc2nc(C#N)ccc2[nH]1. The summed E-state index contributed by atoms with van der Waals surface area (Å²) in [5.41, 5.74) is 1.87. The van der Waals surface area contributed by atoms with Crippen LogP contribution in [-0.2, 0) is 0 Å². The number of aromatic amines is 1. The second-order valence-electron chi connectivity index (χ2n) is 2.50. The van der Waals surface area contributed by atoms with E-state index in [2.05, 4.69) is 15.0 Å². The summed E-state index contributed by atoms with van der Waals surface area (Å²) >= 11 is 0. The Morgan fingerprint density at radius 2 is 2.25 bits per heavy atom. The molecular formula is C8H6N4. The second kappa shape index (κ2) is 2.31. The highest BCUT2D eigenvalue weighted by molar-refractivity contribution is 5.71. The van der Waals surface area contributed by atoms with Crippen molar-refractivity contribution in [2.75, 3.05) is 0 Å². The number of H-pyrrole nitrogens is 1. The van der Waals surface area contributed by atoms with Crippen LogP contribution in [0.1, 0.15) is 11.5 Å². The first-order valence-electron chi connectivity index (χ1n) is 3.53. The summed E-state index contributed by atoms with van der Waals surface area (Å²) in [6.45, 7) is 1.85. The van der Waals surface area contributed by atoms with E-state index in [0.717, 1.165) is 11.3 Å². The van der Waals surface area contributed by atoms with E-state index >= 15 is 0 Å². The molecule has 0 amide bonds. The van der Waals surface area contributed by atoms with Crippen molar-refractivity contribution >= 4 is 11.2 Å². The first-order valence-corrected chi connectivity index (χ1v) is 3.53. The zero-order chi connectivity index (χ0) is 8.55. The van der Waals surface area contributed by atoms with Crippen molar-refractivity contribution in [3.63, 3.8) is 0 Å². The predicted molar refractivity (Wildman–Crippen MR) is 43.3 cm³/mol. The molecule has 1 N–H and O–H groups in total. The van der Waals surface area contributed by atoms with Crippen molar-refractivity contribution in [2.24, 2.45) is 0 Å². The molecule has 0 atom stereocenters. The number of rotatable bonds is 0. The van der Waals surface area contributed by atoms with Crippen molar-refractivity contribution < 1.29 is 0 Å². The molecule has 2 aromatic rings. The summed E-state index contributed by atoms with van der Waals surface area (Å²) in [5, 5.41) is 8.55. The van der Waals surface area contributed by atoms with Crippen LogP contribution in [0.15, 0.2) is 12.1 Å². The second-order valence-corrected chi connectivity index (χ2v) is 2.50. The molecule has 2 rings (SSSR count). The molecule has 0 spiro atoms. The smallest absolute Gasteiger partial charge is 0.178 e. The lowest BCUT2D eigenvalue weighted by Crippen LogP contribution is -1.81. The lowest BCUT2D eigenvalue weighted by atomic mass is 10.3. The van der Waals surface area contributed by atoms with Crippen LogP contribution in [0, 0.1) is 18.3 Å². The van der Waals surface area contributed by atoms with Crippen molar-refractivity contribution in [3.8, 4) is 6.07 Å². The van der Waals surface area contributed by atoms with Crippen molar-refractivity contribution in [1.29, 1.82) is 5.26 Å². The zero-order valence-electron chi connectivity index (χ0n) is 6.50. The van der Waals surface area contributed by atoms with Gasteiger partial charge in [0.25, 0.3) is 0 Å². The molecule has 0 saturated carbocycles. The highest BCUT2D eigenvalue weighted by Crippen LogP contribution is 2.08. The van der Waals surface area contributed by atoms with E-state index in [1.807, 2.05) is 13.0 Å². The van der Waals surface area contributed by atoms with E-state index in [-0.39, 0.29) is 0 Å². The minimum Gasteiger partial charge on any atom is -0.341 e. The Hall–Kier alpha value is -1.89. The average molecular weight is 158 g/mol. The molecule has 0 unspecified atom stereocenters. The van der Waals surface area contributed by atoms with E-state index in [0.29, 0.717) is 11.3 Å². The van der Waals surface area contributed by atoms with Crippen molar-refractivity contribution in [1.82, 2.24) is 15.0 Å². The number of aryl methyl sites for hydroxylation is 1. The van der Waals surface area contributed by atoms with Crippen LogP contribution in [0.3, 0.4) is 0 Å². The van der Waals surface area contributed by atoms with Crippen LogP contribution >= 0.6 is 0 Å². The van der Waals surface area contributed by atoms with Crippen LogP contribution in [0.25, 0.3) is 11.2 Å². The molecule has 0 aromatic carbocycles. The number of imidazole rings is 1. The Bertz CT molecular complexity index is 463. The van der Waals surface area contributed by atoms with Gasteiger partial charge in [-0.1, -0.05) is 0 Å². The molecule has 2 aromatic heterocycles. The van der Waals surface area contributed by atoms with Crippen LogP contribution in [-0.4, -0.2) is 15.0 Å². The maximum atomic E-state index is 8.55. The molecular weight excluding hydrogens is 152 g/mol. The summed E-state index contributed by atoms with van der Waals surface area (Å²) in [6.07, 6.45) is 0. The van der Waals surface area contributed by atoms with Gasteiger partial charge < -0.3 is 4.98 Å². The standard InChI is InChI=1S/C8H6N4/c1-5-10-7-3-2-6(4-9)12-8(7)11-5/h2-3H,1H3,(H,10,11,12). The number of pyridine rings is 1. The Kier molecular flexibility index (Phi) is 1.31. The number of nitriles is 1. The first kappa shape index (κ1) is 6.80. The largest absolute Gasteiger partial charge is 0.341 e. The van der Waals surface area contributed by atoms with Gasteiger partial charge in [0, 0.05) is 0 Å². The van der Waals surface area contributed by atoms with Gasteiger partial charge in [-0.25, -0.2) is 9.97 Å². The van der Waals surface area contributed by atoms with E-state index in [1.54, 1.807) is 12.1 Å². The lowest BCUT2D eigenvalue weighted by molar-refractivity contribution is 1.16. The fourth-order valence-corrected chi connectivity index (χ4v) is 1.08. The number of fused-ring (bicyclic) bond motifs is 1. The molecule has 4 heteroatoms. The monoisotopic (exact) mass is 158 g/mol. The topological polar surface area (TPSA) is 65.4 Å². The van der Waals surface area contributed by atoms with Gasteiger partial charge in [-0.15, -0.1) is 0 Å². The summed E-state index contributed by atoms with van der Waals surface area (Å²) < 4.78 is 0. The van der Waals surface area contributed by atoms with Gasteiger partial charge in [0.15, 0.2) is 5.65 Å². The molecule has 0 saturated heterocycles. The molecule has 0 bridgehead atoms. The molecule has 0 fully saturated rings. The predicted octanol–water partition coefficient (Wildman–Crippen LogP) is 1.14. The number of aromatic nitrogens is 3. The Morgan fingerprint density at radius 1 is 1.42 bits per heavy atom. The molecule has 0 aliphatic heterocycles. The van der Waals surface area contributed by atoms with Crippen LogP contribution in [0.5, 0.6) is 0 Å². The summed E-state index contributed by atoms with van der Waals surface area (Å²) in [7, 11) is 0. The number of nitrogens with one attached hydrogen (secondary N) is 1. The van der Waals surface area contributed by atoms with Crippen LogP contribution < -0.4 is 0 Å². The van der Waals surface area contributed by atoms with Gasteiger partial charge in [-0.3, -0.25) is 0 Å². The summed E-state index contributed by atoms with van der Waals surface area (Å²) in [6, 6.07) is 5.44. The highest BCUT2D eigenvalue weighted by Gasteiger charge is 2.00. The van der Waals surface area contributed by atoms with Gasteiger partial charge >= 0.3 is 0 Å². The molecule has 0 radical (unpaired) electrons. The van der Waals surface area contributed by atoms with Crippen LogP contribution in [0.2, 0.25) is 0 Å². The fourth-order valence-electron chi connectivity index (χ4n) is 1.08. The minimum absolute atomic E-state index is 0.397. The normalized spacial score (nSPS) is 10.0. The molecule has 12 heavy (non-hydrogen) atoms. The molecule has 0 aliphatic rings. The van der Waals surface area contributed by atoms with Gasteiger partial charge in [0.2, 0.25) is 0 Å². The Balaban J connectivity index is 2.77. The lowest BCUT2D eigenvalue weighted by Gasteiger charge is -1.86.